The van der Waals surface area contributed by atoms with E-state index in [2.05, 4.69) is 0 Å². The molecule has 1 nitrogen and oxygen atoms in total. The van der Waals surface area contributed by atoms with Crippen LogP contribution in [0, 0.1) is 5.82 Å². The third-order valence-electron chi connectivity index (χ3n) is 2.69. The number of hydrogen-bond acceptors (Lipinski definition) is 1. The van der Waals surface area contributed by atoms with E-state index in [-0.39, 0.29) is 18.6 Å². The van der Waals surface area contributed by atoms with Crippen molar-refractivity contribution in [3.63, 3.8) is 0 Å². The van der Waals surface area contributed by atoms with Crippen molar-refractivity contribution < 1.29 is 9.18 Å². The molecule has 0 bridgehead atoms. The first-order chi connectivity index (χ1) is 9.04. The number of benzene rings is 2. The zero-order valence-corrected chi connectivity index (χ0v) is 11.5. The maximum absolute atomic E-state index is 13.5. The molecule has 0 radical (unpaired) electrons. The van der Waals surface area contributed by atoms with Crippen LogP contribution in [0.1, 0.15) is 11.1 Å². The van der Waals surface area contributed by atoms with Gasteiger partial charge in [-0.05, 0) is 41.5 Å². The van der Waals surface area contributed by atoms with E-state index in [4.69, 9.17) is 23.2 Å². The van der Waals surface area contributed by atoms with E-state index in [0.717, 1.165) is 5.56 Å². The first-order valence-electron chi connectivity index (χ1n) is 5.74. The quantitative estimate of drug-likeness (QED) is 0.812. The summed E-state index contributed by atoms with van der Waals surface area (Å²) in [6, 6.07) is 11.3. The first-order valence-corrected chi connectivity index (χ1v) is 6.50. The standard InChI is InChI=1S/C15H11Cl2FO/c16-12-3-1-2-10(6-12)7-14(19)9-11-8-13(17)4-5-15(11)18/h1-6,8H,7,9H2. The molecule has 0 atom stereocenters. The van der Waals surface area contributed by atoms with Crippen molar-refractivity contribution >= 4 is 29.0 Å². The average molecular weight is 297 g/mol. The largest absolute Gasteiger partial charge is 0.299 e. The van der Waals surface area contributed by atoms with Crippen molar-refractivity contribution in [3.8, 4) is 0 Å². The van der Waals surface area contributed by atoms with Crippen molar-refractivity contribution in [2.75, 3.05) is 0 Å². The molecular formula is C15H11Cl2FO. The molecule has 0 spiro atoms. The topological polar surface area (TPSA) is 17.1 Å². The normalized spacial score (nSPS) is 10.5. The van der Waals surface area contributed by atoms with E-state index in [0.29, 0.717) is 15.6 Å². The Morgan fingerprint density at radius 1 is 1.00 bits per heavy atom. The first kappa shape index (κ1) is 14.0. The van der Waals surface area contributed by atoms with E-state index in [1.54, 1.807) is 18.2 Å². The van der Waals surface area contributed by atoms with E-state index < -0.39 is 5.82 Å². The third kappa shape index (κ3) is 4.05. The summed E-state index contributed by atoms with van der Waals surface area (Å²) in [7, 11) is 0. The molecule has 98 valence electrons. The van der Waals surface area contributed by atoms with Gasteiger partial charge in [0.25, 0.3) is 0 Å². The van der Waals surface area contributed by atoms with Gasteiger partial charge in [-0.2, -0.15) is 0 Å². The Morgan fingerprint density at radius 3 is 2.47 bits per heavy atom. The minimum atomic E-state index is -0.413. The molecule has 2 aromatic carbocycles. The molecule has 0 unspecified atom stereocenters. The van der Waals surface area contributed by atoms with Gasteiger partial charge in [0.05, 0.1) is 0 Å². The highest BCUT2D eigenvalue weighted by Crippen LogP contribution is 2.17. The molecule has 0 aliphatic carbocycles. The summed E-state index contributed by atoms with van der Waals surface area (Å²) in [5, 5.41) is 1.01. The lowest BCUT2D eigenvalue weighted by molar-refractivity contribution is -0.117. The Morgan fingerprint density at radius 2 is 1.74 bits per heavy atom. The fourth-order valence-electron chi connectivity index (χ4n) is 1.83. The van der Waals surface area contributed by atoms with Crippen LogP contribution in [0.4, 0.5) is 4.39 Å². The predicted molar refractivity (Wildman–Crippen MR) is 75.3 cm³/mol. The van der Waals surface area contributed by atoms with Crippen molar-refractivity contribution in [2.24, 2.45) is 0 Å². The number of Topliss-reactive ketones (excluding diaryl/α,β-unsaturated/α-hetero) is 1. The Kier molecular flexibility index (Phi) is 4.56. The number of carbonyl (C=O) groups excluding carboxylic acids is 1. The second-order valence-electron chi connectivity index (χ2n) is 4.26. The van der Waals surface area contributed by atoms with Gasteiger partial charge in [-0.3, -0.25) is 4.79 Å². The molecule has 0 amide bonds. The van der Waals surface area contributed by atoms with Crippen LogP contribution >= 0.6 is 23.2 Å². The zero-order valence-electron chi connectivity index (χ0n) is 10.00. The highest BCUT2D eigenvalue weighted by molar-refractivity contribution is 6.31. The van der Waals surface area contributed by atoms with Gasteiger partial charge in [-0.1, -0.05) is 35.3 Å². The lowest BCUT2D eigenvalue weighted by Crippen LogP contribution is -2.08. The highest BCUT2D eigenvalue weighted by Gasteiger charge is 2.10. The SMILES string of the molecule is O=C(Cc1cccc(Cl)c1)Cc1cc(Cl)ccc1F. The number of carbonyl (C=O) groups is 1. The number of hydrogen-bond donors (Lipinski definition) is 0. The van der Waals surface area contributed by atoms with Crippen molar-refractivity contribution in [1.82, 2.24) is 0 Å². The summed E-state index contributed by atoms with van der Waals surface area (Å²) in [6.45, 7) is 0. The Labute approximate surface area is 121 Å². The van der Waals surface area contributed by atoms with Crippen LogP contribution in [0.5, 0.6) is 0 Å². The van der Waals surface area contributed by atoms with Crippen molar-refractivity contribution in [2.45, 2.75) is 12.8 Å². The molecular weight excluding hydrogens is 286 g/mol. The second kappa shape index (κ2) is 6.18. The van der Waals surface area contributed by atoms with E-state index in [1.165, 1.54) is 18.2 Å². The number of ketones is 1. The molecule has 2 aromatic rings. The van der Waals surface area contributed by atoms with E-state index >= 15 is 0 Å². The molecule has 0 saturated carbocycles. The predicted octanol–water partition coefficient (Wildman–Crippen LogP) is 4.49. The van der Waals surface area contributed by atoms with Gasteiger partial charge in [0.1, 0.15) is 11.6 Å². The van der Waals surface area contributed by atoms with E-state index in [9.17, 15) is 9.18 Å². The van der Waals surface area contributed by atoms with Gasteiger partial charge in [-0.25, -0.2) is 4.39 Å². The number of halogens is 3. The fourth-order valence-corrected chi connectivity index (χ4v) is 2.24. The zero-order chi connectivity index (χ0) is 13.8. The molecule has 4 heteroatoms. The smallest absolute Gasteiger partial charge is 0.141 e. The summed E-state index contributed by atoms with van der Waals surface area (Å²) in [5.74, 6) is -0.493. The second-order valence-corrected chi connectivity index (χ2v) is 5.13. The Balaban J connectivity index is 2.07. The summed E-state index contributed by atoms with van der Waals surface area (Å²) >= 11 is 11.6. The van der Waals surface area contributed by atoms with Crippen LogP contribution < -0.4 is 0 Å². The molecule has 0 heterocycles. The molecule has 0 aliphatic heterocycles. The number of rotatable bonds is 4. The van der Waals surface area contributed by atoms with Crippen molar-refractivity contribution in [1.29, 1.82) is 0 Å². The van der Waals surface area contributed by atoms with Gasteiger partial charge < -0.3 is 0 Å². The van der Waals surface area contributed by atoms with Crippen LogP contribution in [0.15, 0.2) is 42.5 Å². The van der Waals surface area contributed by atoms with Crippen LogP contribution in [-0.4, -0.2) is 5.78 Å². The molecule has 0 N–H and O–H groups in total. The van der Waals surface area contributed by atoms with E-state index in [1.807, 2.05) is 6.07 Å². The molecule has 0 aliphatic rings. The van der Waals surface area contributed by atoms with Crippen LogP contribution in [0.2, 0.25) is 10.0 Å². The summed E-state index contributed by atoms with van der Waals surface area (Å²) in [5.41, 5.74) is 1.14. The maximum atomic E-state index is 13.5. The highest BCUT2D eigenvalue weighted by atomic mass is 35.5. The Hall–Kier alpha value is -1.38. The minimum Gasteiger partial charge on any atom is -0.299 e. The monoisotopic (exact) mass is 296 g/mol. The van der Waals surface area contributed by atoms with Gasteiger partial charge in [0.2, 0.25) is 0 Å². The third-order valence-corrected chi connectivity index (χ3v) is 3.16. The van der Waals surface area contributed by atoms with Crippen LogP contribution in [0.3, 0.4) is 0 Å². The molecule has 2 rings (SSSR count). The lowest BCUT2D eigenvalue weighted by atomic mass is 10.0. The summed E-state index contributed by atoms with van der Waals surface area (Å²) in [4.78, 5) is 11.9. The van der Waals surface area contributed by atoms with Gasteiger partial charge in [-0.15, -0.1) is 0 Å². The molecule has 0 fully saturated rings. The summed E-state index contributed by atoms with van der Waals surface area (Å²) < 4.78 is 13.5. The van der Waals surface area contributed by atoms with Crippen molar-refractivity contribution in [3.05, 3.63) is 69.5 Å². The maximum Gasteiger partial charge on any atom is 0.141 e. The fraction of sp³-hybridized carbons (Fsp3) is 0.133. The van der Waals surface area contributed by atoms with Gasteiger partial charge in [0.15, 0.2) is 0 Å². The van der Waals surface area contributed by atoms with Crippen LogP contribution in [0.25, 0.3) is 0 Å². The molecule has 0 saturated heterocycles. The van der Waals surface area contributed by atoms with Crippen LogP contribution in [-0.2, 0) is 17.6 Å². The Bertz CT molecular complexity index is 611. The lowest BCUT2D eigenvalue weighted by Gasteiger charge is -2.04. The summed E-state index contributed by atoms with van der Waals surface area (Å²) in [6.07, 6.45) is 0.255. The molecule has 0 aromatic heterocycles. The molecule has 19 heavy (non-hydrogen) atoms. The average Bonchev–Trinajstić information content (AvgIpc) is 2.34. The van der Waals surface area contributed by atoms with Gasteiger partial charge >= 0.3 is 0 Å². The minimum absolute atomic E-state index is 0.0267. The van der Waals surface area contributed by atoms with Gasteiger partial charge in [0, 0.05) is 22.9 Å².